The molecule has 20 heavy (non-hydrogen) atoms. The van der Waals surface area contributed by atoms with E-state index in [2.05, 4.69) is 10.4 Å². The van der Waals surface area contributed by atoms with Crippen LogP contribution < -0.4 is 11.3 Å². The van der Waals surface area contributed by atoms with E-state index in [9.17, 15) is 8.78 Å². The van der Waals surface area contributed by atoms with E-state index in [1.165, 1.54) is 25.0 Å². The van der Waals surface area contributed by atoms with Crippen LogP contribution in [0.3, 0.4) is 0 Å². The largest absolute Gasteiger partial charge is 0.308 e. The molecule has 3 N–H and O–H groups in total. The Bertz CT molecular complexity index is 492. The lowest BCUT2D eigenvalue weighted by molar-refractivity contribution is 0.563. The zero-order valence-electron chi connectivity index (χ0n) is 11.8. The summed E-state index contributed by atoms with van der Waals surface area (Å²) in [6, 6.07) is 2.74. The molecule has 110 valence electrons. The number of benzene rings is 1. The second-order valence-electron chi connectivity index (χ2n) is 5.32. The van der Waals surface area contributed by atoms with Gasteiger partial charge in [0.25, 0.3) is 0 Å². The average Bonchev–Trinajstić information content (AvgIpc) is 2.70. The minimum absolute atomic E-state index is 0.0860. The molecule has 0 heterocycles. The molecule has 0 aliphatic heterocycles. The average molecular weight is 281 g/mol. The van der Waals surface area contributed by atoms with Gasteiger partial charge in [-0.1, -0.05) is 31.7 Å². The molecule has 1 aliphatic carbocycles. The summed E-state index contributed by atoms with van der Waals surface area (Å²) in [5.41, 5.74) is 2.59. The van der Waals surface area contributed by atoms with Gasteiger partial charge in [-0.05, 0) is 31.4 Å². The van der Waals surface area contributed by atoms with Crippen molar-refractivity contribution in [1.82, 2.24) is 5.43 Å². The number of nitrogens with one attached hydrogen (secondary N) is 1. The van der Waals surface area contributed by atoms with Crippen molar-refractivity contribution in [1.29, 1.82) is 0 Å². The molecule has 1 saturated carbocycles. The lowest BCUT2D eigenvalue weighted by Crippen LogP contribution is -2.34. The zero-order valence-corrected chi connectivity index (χ0v) is 11.8. The monoisotopic (exact) mass is 281 g/mol. The fourth-order valence-electron chi connectivity index (χ4n) is 2.62. The van der Waals surface area contributed by atoms with E-state index < -0.39 is 11.6 Å². The first-order chi connectivity index (χ1) is 9.63. The summed E-state index contributed by atoms with van der Waals surface area (Å²) in [5.74, 6) is 4.30. The number of hydrogen-bond acceptors (Lipinski definition) is 2. The Balaban J connectivity index is 2.34. The fourth-order valence-corrected chi connectivity index (χ4v) is 2.62. The lowest BCUT2D eigenvalue weighted by atomic mass is 10.1. The molecular weight excluding hydrogens is 260 g/mol. The summed E-state index contributed by atoms with van der Waals surface area (Å²) < 4.78 is 28.0. The van der Waals surface area contributed by atoms with Gasteiger partial charge < -0.3 is 5.43 Å². The van der Waals surface area contributed by atoms with Crippen molar-refractivity contribution in [3.05, 3.63) is 34.9 Å². The van der Waals surface area contributed by atoms with Crippen LogP contribution >= 0.6 is 0 Å². The number of nitrogens with zero attached hydrogens (tertiary/aromatic N) is 1. The molecule has 0 spiro atoms. The maximum Gasteiger partial charge on any atom is 0.148 e. The van der Waals surface area contributed by atoms with E-state index in [1.807, 2.05) is 0 Å². The predicted octanol–water partition coefficient (Wildman–Crippen LogP) is 3.21. The van der Waals surface area contributed by atoms with Crippen molar-refractivity contribution in [2.45, 2.75) is 51.5 Å². The van der Waals surface area contributed by atoms with Crippen LogP contribution in [-0.4, -0.2) is 11.9 Å². The molecule has 3 nitrogen and oxygen atoms in total. The number of nitrogens with two attached hydrogens (primary N) is 1. The summed E-state index contributed by atoms with van der Waals surface area (Å²) in [7, 11) is 0. The quantitative estimate of drug-likeness (QED) is 0.287. The normalized spacial score (nSPS) is 17.9. The Labute approximate surface area is 118 Å². The van der Waals surface area contributed by atoms with E-state index in [4.69, 9.17) is 5.84 Å². The third-order valence-electron chi connectivity index (χ3n) is 3.79. The van der Waals surface area contributed by atoms with Gasteiger partial charge in [0.15, 0.2) is 0 Å². The van der Waals surface area contributed by atoms with E-state index in [1.54, 1.807) is 6.92 Å². The Morgan fingerprint density at radius 1 is 1.20 bits per heavy atom. The Morgan fingerprint density at radius 2 is 1.85 bits per heavy atom. The molecule has 0 bridgehead atoms. The van der Waals surface area contributed by atoms with Crippen LogP contribution in [-0.2, 0) is 0 Å². The predicted molar refractivity (Wildman–Crippen MR) is 76.4 cm³/mol. The van der Waals surface area contributed by atoms with Gasteiger partial charge in [-0.3, -0.25) is 4.99 Å². The summed E-state index contributed by atoms with van der Waals surface area (Å²) in [4.78, 5) is 4.45. The number of amidine groups is 1. The first-order valence-electron chi connectivity index (χ1n) is 7.13. The molecule has 1 aromatic carbocycles. The van der Waals surface area contributed by atoms with E-state index in [0.717, 1.165) is 25.7 Å². The van der Waals surface area contributed by atoms with Crippen molar-refractivity contribution < 1.29 is 8.78 Å². The Kier molecular flexibility index (Phi) is 5.06. The van der Waals surface area contributed by atoms with Gasteiger partial charge in [-0.15, -0.1) is 0 Å². The second-order valence-corrected chi connectivity index (χ2v) is 5.32. The maximum atomic E-state index is 14.1. The van der Waals surface area contributed by atoms with Crippen molar-refractivity contribution in [2.75, 3.05) is 0 Å². The molecule has 0 saturated heterocycles. The first kappa shape index (κ1) is 14.9. The highest BCUT2D eigenvalue weighted by atomic mass is 19.1. The molecule has 0 atom stereocenters. The zero-order chi connectivity index (χ0) is 14.5. The molecule has 0 unspecified atom stereocenters. The number of hydrazine groups is 1. The minimum atomic E-state index is -0.640. The van der Waals surface area contributed by atoms with Crippen LogP contribution in [0.1, 0.15) is 49.7 Å². The van der Waals surface area contributed by atoms with Crippen molar-refractivity contribution in [3.63, 3.8) is 0 Å². The molecule has 0 aromatic heterocycles. The Morgan fingerprint density at radius 3 is 2.45 bits per heavy atom. The second kappa shape index (κ2) is 6.79. The lowest BCUT2D eigenvalue weighted by Gasteiger charge is -2.14. The highest BCUT2D eigenvalue weighted by molar-refractivity contribution is 5.99. The summed E-state index contributed by atoms with van der Waals surface area (Å²) in [6.07, 6.45) is 6.49. The number of aliphatic imine (C=N–C) groups is 1. The van der Waals surface area contributed by atoms with Gasteiger partial charge in [0.05, 0.1) is 11.6 Å². The van der Waals surface area contributed by atoms with Crippen molar-refractivity contribution in [2.24, 2.45) is 10.8 Å². The number of rotatable bonds is 2. The third-order valence-corrected chi connectivity index (χ3v) is 3.79. The molecular formula is C15H21F2N3. The van der Waals surface area contributed by atoms with Gasteiger partial charge in [0.2, 0.25) is 0 Å². The van der Waals surface area contributed by atoms with Crippen molar-refractivity contribution in [3.8, 4) is 0 Å². The van der Waals surface area contributed by atoms with E-state index >= 15 is 0 Å². The van der Waals surface area contributed by atoms with Crippen LogP contribution in [0.2, 0.25) is 0 Å². The highest BCUT2D eigenvalue weighted by Gasteiger charge is 2.19. The van der Waals surface area contributed by atoms with Crippen LogP contribution in [0, 0.1) is 18.6 Å². The topological polar surface area (TPSA) is 50.4 Å². The van der Waals surface area contributed by atoms with Gasteiger partial charge in [-0.25, -0.2) is 14.6 Å². The standard InChI is InChI=1S/C15H21F2N3/c1-10-8-9-12(16)13(14(10)17)15(20-18)19-11-6-4-2-3-5-7-11/h8-9,11H,2-7,18H2,1H3,(H,19,20). The van der Waals surface area contributed by atoms with Crippen LogP contribution in [0.25, 0.3) is 0 Å². The molecule has 2 rings (SSSR count). The molecule has 1 fully saturated rings. The van der Waals surface area contributed by atoms with Gasteiger partial charge >= 0.3 is 0 Å². The van der Waals surface area contributed by atoms with Crippen LogP contribution in [0.5, 0.6) is 0 Å². The number of hydrogen-bond donors (Lipinski definition) is 2. The molecule has 0 amide bonds. The Hall–Kier alpha value is -1.49. The van der Waals surface area contributed by atoms with Crippen molar-refractivity contribution >= 4 is 5.84 Å². The third kappa shape index (κ3) is 3.33. The van der Waals surface area contributed by atoms with Gasteiger partial charge in [0.1, 0.15) is 17.5 Å². The van der Waals surface area contributed by atoms with Gasteiger partial charge in [0, 0.05) is 0 Å². The highest BCUT2D eigenvalue weighted by Crippen LogP contribution is 2.22. The molecule has 0 radical (unpaired) electrons. The van der Waals surface area contributed by atoms with E-state index in [0.29, 0.717) is 5.56 Å². The first-order valence-corrected chi connectivity index (χ1v) is 7.13. The number of aryl methyl sites for hydroxylation is 1. The maximum absolute atomic E-state index is 14.1. The molecule has 5 heteroatoms. The van der Waals surface area contributed by atoms with E-state index in [-0.39, 0.29) is 17.4 Å². The minimum Gasteiger partial charge on any atom is -0.308 e. The SMILES string of the molecule is Cc1ccc(F)c(C(=NC2CCCCCC2)NN)c1F. The van der Waals surface area contributed by atoms with Crippen LogP contribution in [0.4, 0.5) is 8.78 Å². The van der Waals surface area contributed by atoms with Gasteiger partial charge in [-0.2, -0.15) is 0 Å². The summed E-state index contributed by atoms with van der Waals surface area (Å²) in [6.45, 7) is 1.60. The molecule has 1 aliphatic rings. The number of halogens is 2. The summed E-state index contributed by atoms with van der Waals surface area (Å²) in [5, 5.41) is 0. The van der Waals surface area contributed by atoms with Crippen LogP contribution in [0.15, 0.2) is 17.1 Å². The fraction of sp³-hybridized carbons (Fsp3) is 0.533. The smallest absolute Gasteiger partial charge is 0.148 e. The molecule has 1 aromatic rings. The summed E-state index contributed by atoms with van der Waals surface area (Å²) >= 11 is 0.